The van der Waals surface area contributed by atoms with Gasteiger partial charge in [0.15, 0.2) is 17.5 Å². The molecule has 0 saturated heterocycles. The summed E-state index contributed by atoms with van der Waals surface area (Å²) in [6.45, 7) is 0. The zero-order valence-electron chi connectivity index (χ0n) is 78.3. The number of nitrogens with zero attached hydrogens (tertiary/aromatic N) is 9. The minimum atomic E-state index is 0.619. The lowest BCUT2D eigenvalue weighted by Gasteiger charge is -2.12. The highest BCUT2D eigenvalue weighted by Gasteiger charge is 2.30. The van der Waals surface area contributed by atoms with Gasteiger partial charge < -0.3 is 45.1 Å². The van der Waals surface area contributed by atoms with E-state index >= 15 is 0 Å². The molecule has 0 radical (unpaired) electrons. The molecule has 0 aliphatic rings. The molecule has 13 heteroatoms. The lowest BCUT2D eigenvalue weighted by atomic mass is 10.1. The van der Waals surface area contributed by atoms with Gasteiger partial charge in [-0.15, -0.1) is 0 Å². The van der Waals surface area contributed by atoms with Crippen molar-refractivity contribution in [1.29, 1.82) is 0 Å². The Morgan fingerprint density at radius 1 is 0.144 bits per heavy atom. The molecule has 0 N–H and O–H groups in total. The molecule has 11 aromatic heterocycles. The zero-order chi connectivity index (χ0) is 95.5. The van der Waals surface area contributed by atoms with Gasteiger partial charge in [0.05, 0.1) is 82.4 Å². The first kappa shape index (κ1) is 81.0. The summed E-state index contributed by atoms with van der Waals surface area (Å²) in [5.74, 6) is 1.89. The molecular formula is C133H79N9O4. The number of hydrogen-bond donors (Lipinski definition) is 0. The summed E-state index contributed by atoms with van der Waals surface area (Å²) in [7, 11) is 0. The van der Waals surface area contributed by atoms with Gasteiger partial charge in [0.25, 0.3) is 0 Å². The number of aromatic nitrogens is 9. The molecule has 11 heterocycles. The third-order valence-electron chi connectivity index (χ3n) is 29.9. The van der Waals surface area contributed by atoms with Gasteiger partial charge in [0.1, 0.15) is 44.7 Å². The molecule has 0 bridgehead atoms. The van der Waals surface area contributed by atoms with E-state index in [4.69, 9.17) is 32.6 Å². The average Bonchev–Trinajstić information content (AvgIpc) is 1.54. The molecule has 0 aliphatic carbocycles. The Morgan fingerprint density at radius 3 is 0.801 bits per heavy atom. The Balaban J connectivity index is 0.000000101. The van der Waals surface area contributed by atoms with Crippen molar-refractivity contribution < 1.29 is 17.7 Å². The minimum Gasteiger partial charge on any atom is -0.456 e. The van der Waals surface area contributed by atoms with Crippen LogP contribution < -0.4 is 0 Å². The van der Waals surface area contributed by atoms with Crippen molar-refractivity contribution in [3.05, 3.63) is 479 Å². The largest absolute Gasteiger partial charge is 0.456 e. The summed E-state index contributed by atoms with van der Waals surface area (Å²) in [5, 5.41) is 25.6. The second-order valence-electron chi connectivity index (χ2n) is 37.8. The third-order valence-corrected chi connectivity index (χ3v) is 29.9. The molecule has 0 aliphatic heterocycles. The smallest absolute Gasteiger partial charge is 0.164 e. The monoisotopic (exact) mass is 1870 g/mol. The van der Waals surface area contributed by atoms with Crippen molar-refractivity contribution in [3.8, 4) is 68.3 Å². The molecule has 13 nitrogen and oxygen atoms in total. The van der Waals surface area contributed by atoms with E-state index in [1.165, 1.54) is 87.0 Å². The van der Waals surface area contributed by atoms with Crippen molar-refractivity contribution in [2.24, 2.45) is 0 Å². The number of benzene rings is 22. The molecule has 33 aromatic rings. The minimum absolute atomic E-state index is 0.619. The maximum Gasteiger partial charge on any atom is 0.164 e. The van der Waals surface area contributed by atoms with Crippen LogP contribution in [0.5, 0.6) is 0 Å². The second-order valence-corrected chi connectivity index (χ2v) is 37.8. The van der Waals surface area contributed by atoms with Crippen LogP contribution in [0.15, 0.2) is 497 Å². The van der Waals surface area contributed by atoms with Gasteiger partial charge in [-0.3, -0.25) is 0 Å². The van der Waals surface area contributed by atoms with Crippen LogP contribution in [0.25, 0.3) is 298 Å². The SMILES string of the molecule is c1ccc(-c2nc(-c3ccccc3)nc(-c3ccc(-n4c5ccc6c7ccccc7oc6c5c5ccc6c(c7ccccc7n6-c6ccccc6)c54)cc3)n2)cc1.c1ccc(-n2c3ccccc3c3c2ccc2c4c5oc6ccccc6c5ccc4n(-c4ccc5ccccc5c4)c23)cc1.c1ccc(-n2c3ccccc3c3c2ccc2c4c5oc6ccccc6c5ccc4n(-c4ccc5oc6ccccc6c5c4)c23)cc1. The van der Waals surface area contributed by atoms with Crippen LogP contribution in [0, 0.1) is 0 Å². The fourth-order valence-corrected chi connectivity index (χ4v) is 23.7. The van der Waals surface area contributed by atoms with Crippen LogP contribution in [0.1, 0.15) is 0 Å². The Hall–Kier alpha value is -19.9. The maximum absolute atomic E-state index is 6.73. The predicted octanol–water partition coefficient (Wildman–Crippen LogP) is 35.6. The van der Waals surface area contributed by atoms with E-state index in [9.17, 15) is 0 Å². The first-order valence-electron chi connectivity index (χ1n) is 49.4. The number of para-hydroxylation sites is 10. The van der Waals surface area contributed by atoms with Gasteiger partial charge in [-0.2, -0.15) is 0 Å². The van der Waals surface area contributed by atoms with E-state index in [2.05, 4.69) is 416 Å². The van der Waals surface area contributed by atoms with Crippen LogP contribution >= 0.6 is 0 Å². The van der Waals surface area contributed by atoms with Crippen LogP contribution in [0.4, 0.5) is 0 Å². The van der Waals surface area contributed by atoms with Gasteiger partial charge in [-0.1, -0.05) is 273 Å². The Labute approximate surface area is 831 Å². The summed E-state index contributed by atoms with van der Waals surface area (Å²) in [6.07, 6.45) is 0. The number of fused-ring (bicyclic) bond motifs is 37. The zero-order valence-corrected chi connectivity index (χ0v) is 78.3. The van der Waals surface area contributed by atoms with Crippen LogP contribution in [0.2, 0.25) is 0 Å². The van der Waals surface area contributed by atoms with Crippen molar-refractivity contribution >= 4 is 229 Å². The molecular weight excluding hydrogens is 1790 g/mol. The molecule has 0 saturated carbocycles. The lowest BCUT2D eigenvalue weighted by molar-refractivity contribution is 0.669. The molecule has 0 fully saturated rings. The van der Waals surface area contributed by atoms with Crippen molar-refractivity contribution in [3.63, 3.8) is 0 Å². The van der Waals surface area contributed by atoms with Gasteiger partial charge in [-0.05, 0) is 217 Å². The molecule has 0 spiro atoms. The Morgan fingerprint density at radius 2 is 0.411 bits per heavy atom. The second kappa shape index (κ2) is 31.8. The van der Waals surface area contributed by atoms with Crippen LogP contribution in [-0.4, -0.2) is 42.4 Å². The van der Waals surface area contributed by atoms with E-state index in [-0.39, 0.29) is 0 Å². The highest BCUT2D eigenvalue weighted by Crippen LogP contribution is 2.52. The normalized spacial score (nSPS) is 12.1. The summed E-state index contributed by atoms with van der Waals surface area (Å²) >= 11 is 0. The average molecular weight is 1870 g/mol. The summed E-state index contributed by atoms with van der Waals surface area (Å²) in [6, 6.07) is 169. The Kier molecular flexibility index (Phi) is 17.7. The van der Waals surface area contributed by atoms with E-state index in [1.807, 2.05) is 91.0 Å². The van der Waals surface area contributed by atoms with Crippen molar-refractivity contribution in [2.45, 2.75) is 0 Å². The molecule has 0 amide bonds. The first-order valence-corrected chi connectivity index (χ1v) is 49.4. The molecule has 33 rings (SSSR count). The van der Waals surface area contributed by atoms with Gasteiger partial charge >= 0.3 is 0 Å². The van der Waals surface area contributed by atoms with E-state index in [0.717, 1.165) is 193 Å². The molecule has 0 atom stereocenters. The van der Waals surface area contributed by atoms with Gasteiger partial charge in [-0.25, -0.2) is 15.0 Å². The molecule has 680 valence electrons. The fraction of sp³-hybridized carbons (Fsp3) is 0. The van der Waals surface area contributed by atoms with Gasteiger partial charge in [0.2, 0.25) is 0 Å². The standard InChI is InChI=1S/C51H31N5O.C42H24N2O2.C40H24N2O/c1-4-14-32(15-5-1)49-52-50(33-16-6-2-7-17-33)54-51(53-49)34-24-26-36(27-25-34)56-43-30-28-38-37-20-11-13-23-44(37)57-48(38)46(43)40-29-31-42-45(47(40)56)39-21-10-12-22-41(39)55(42)35-18-8-3-9-19-35;1-2-10-25(11-3-1)43-33-15-7-4-14-30(33)39-34(43)22-20-31-40-35(21-19-29-27-12-5-9-17-37(27)46-42(29)40)44(41(31)39)26-18-23-38-32(24-26)28-13-6-8-16-36(28)45-38;1-2-12-27(13-3-1)41-33-16-8-6-15-31(33)37-34(41)23-21-32-38-35(22-20-30-29-14-7-9-17-36(29)43-40(30)38)42(39(32)37)28-19-18-25-10-4-5-11-26(25)24-28/h1-31H;1-24H;1-24H. The summed E-state index contributed by atoms with van der Waals surface area (Å²) < 4.78 is 40.7. The lowest BCUT2D eigenvalue weighted by Crippen LogP contribution is -2.00. The van der Waals surface area contributed by atoms with Gasteiger partial charge in [0, 0.05) is 142 Å². The van der Waals surface area contributed by atoms with Crippen LogP contribution in [-0.2, 0) is 0 Å². The van der Waals surface area contributed by atoms with Crippen molar-refractivity contribution in [1.82, 2.24) is 42.4 Å². The topological polar surface area (TPSA) is 121 Å². The third kappa shape index (κ3) is 12.1. The van der Waals surface area contributed by atoms with E-state index in [0.29, 0.717) is 17.5 Å². The summed E-state index contributed by atoms with van der Waals surface area (Å²) in [4.78, 5) is 14.9. The number of rotatable bonds is 9. The van der Waals surface area contributed by atoms with E-state index < -0.39 is 0 Å². The highest BCUT2D eigenvalue weighted by molar-refractivity contribution is 6.35. The highest BCUT2D eigenvalue weighted by atomic mass is 16.3. The van der Waals surface area contributed by atoms with Crippen molar-refractivity contribution in [2.75, 3.05) is 0 Å². The quantitative estimate of drug-likeness (QED) is 0.141. The molecule has 0 unspecified atom stereocenters. The molecule has 146 heavy (non-hydrogen) atoms. The summed E-state index contributed by atoms with van der Waals surface area (Å²) in [5.41, 5.74) is 30.5. The first-order chi connectivity index (χ1) is 72.5. The predicted molar refractivity (Wildman–Crippen MR) is 602 cm³/mol. The van der Waals surface area contributed by atoms with Crippen LogP contribution in [0.3, 0.4) is 0 Å². The number of hydrogen-bond acceptors (Lipinski definition) is 7. The fourth-order valence-electron chi connectivity index (χ4n) is 23.7. The number of furan rings is 4. The maximum atomic E-state index is 6.73. The molecule has 22 aromatic carbocycles. The van der Waals surface area contributed by atoms with E-state index in [1.54, 1.807) is 0 Å². The Bertz CT molecular complexity index is 11200.